The standard InChI is InChI=1S/C18H27NO2/c1-3-13-8-7-11-15-17(20)16(12-21-18(13)15)19(2)14-9-5-4-6-10-14/h7-8,11,14,16-17,20H,3-6,9-10,12H2,1-2H3. The van der Waals surface area contributed by atoms with E-state index in [0.29, 0.717) is 12.6 Å². The van der Waals surface area contributed by atoms with Crippen molar-refractivity contribution in [2.75, 3.05) is 13.7 Å². The van der Waals surface area contributed by atoms with Gasteiger partial charge in [0.25, 0.3) is 0 Å². The molecular formula is C18H27NO2. The minimum Gasteiger partial charge on any atom is -0.491 e. The quantitative estimate of drug-likeness (QED) is 0.926. The van der Waals surface area contributed by atoms with Gasteiger partial charge in [-0.1, -0.05) is 44.4 Å². The molecule has 3 rings (SSSR count). The van der Waals surface area contributed by atoms with Crippen LogP contribution >= 0.6 is 0 Å². The van der Waals surface area contributed by atoms with E-state index >= 15 is 0 Å². The normalized spacial score (nSPS) is 26.5. The van der Waals surface area contributed by atoms with Crippen molar-refractivity contribution in [1.29, 1.82) is 0 Å². The Balaban J connectivity index is 1.80. The summed E-state index contributed by atoms with van der Waals surface area (Å²) in [4.78, 5) is 2.37. The molecule has 1 fully saturated rings. The monoisotopic (exact) mass is 289 g/mol. The number of aryl methyl sites for hydroxylation is 1. The van der Waals surface area contributed by atoms with Crippen LogP contribution in [0.3, 0.4) is 0 Å². The van der Waals surface area contributed by atoms with E-state index in [1.807, 2.05) is 12.1 Å². The van der Waals surface area contributed by atoms with Crippen LogP contribution in [0, 0.1) is 0 Å². The van der Waals surface area contributed by atoms with E-state index in [1.54, 1.807) is 0 Å². The van der Waals surface area contributed by atoms with Gasteiger partial charge < -0.3 is 9.84 Å². The minimum absolute atomic E-state index is 0.0766. The van der Waals surface area contributed by atoms with Gasteiger partial charge in [-0.2, -0.15) is 0 Å². The van der Waals surface area contributed by atoms with Gasteiger partial charge in [0.05, 0.1) is 6.04 Å². The number of hydrogen-bond donors (Lipinski definition) is 1. The molecule has 0 spiro atoms. The average Bonchev–Trinajstić information content (AvgIpc) is 2.55. The third-order valence-electron chi connectivity index (χ3n) is 5.26. The van der Waals surface area contributed by atoms with Gasteiger partial charge in [-0.05, 0) is 31.9 Å². The van der Waals surface area contributed by atoms with Crippen molar-refractivity contribution in [3.05, 3.63) is 29.3 Å². The summed E-state index contributed by atoms with van der Waals surface area (Å²) in [6, 6.07) is 6.81. The second-order valence-corrected chi connectivity index (χ2v) is 6.47. The van der Waals surface area contributed by atoms with Crippen molar-refractivity contribution in [2.24, 2.45) is 0 Å². The highest BCUT2D eigenvalue weighted by atomic mass is 16.5. The maximum absolute atomic E-state index is 10.8. The highest BCUT2D eigenvalue weighted by Gasteiger charge is 2.35. The van der Waals surface area contributed by atoms with E-state index < -0.39 is 6.10 Å². The van der Waals surface area contributed by atoms with Crippen molar-refractivity contribution >= 4 is 0 Å². The minimum atomic E-state index is -0.438. The Morgan fingerprint density at radius 2 is 2.00 bits per heavy atom. The van der Waals surface area contributed by atoms with E-state index in [2.05, 4.69) is 24.9 Å². The van der Waals surface area contributed by atoms with Gasteiger partial charge in [-0.3, -0.25) is 4.90 Å². The van der Waals surface area contributed by atoms with Crippen LogP contribution in [-0.4, -0.2) is 35.7 Å². The first-order valence-corrected chi connectivity index (χ1v) is 8.37. The van der Waals surface area contributed by atoms with Crippen LogP contribution in [-0.2, 0) is 6.42 Å². The summed E-state index contributed by atoms with van der Waals surface area (Å²) in [5, 5.41) is 10.8. The smallest absolute Gasteiger partial charge is 0.128 e. The molecule has 0 bridgehead atoms. The van der Waals surface area contributed by atoms with Crippen LogP contribution < -0.4 is 4.74 Å². The molecule has 3 heteroatoms. The number of rotatable bonds is 3. The number of aliphatic hydroxyl groups excluding tert-OH is 1. The summed E-state index contributed by atoms with van der Waals surface area (Å²) in [5.41, 5.74) is 2.17. The molecular weight excluding hydrogens is 262 g/mol. The molecule has 1 aromatic carbocycles. The highest BCUT2D eigenvalue weighted by molar-refractivity contribution is 5.44. The Bertz CT molecular complexity index is 482. The molecule has 21 heavy (non-hydrogen) atoms. The van der Waals surface area contributed by atoms with Crippen molar-refractivity contribution in [2.45, 2.75) is 63.6 Å². The topological polar surface area (TPSA) is 32.7 Å². The predicted molar refractivity (Wildman–Crippen MR) is 84.7 cm³/mol. The van der Waals surface area contributed by atoms with Gasteiger partial charge >= 0.3 is 0 Å². The lowest BCUT2D eigenvalue weighted by Gasteiger charge is -2.42. The zero-order chi connectivity index (χ0) is 14.8. The van der Waals surface area contributed by atoms with E-state index in [9.17, 15) is 5.11 Å². The molecule has 2 unspecified atom stereocenters. The first-order chi connectivity index (χ1) is 10.2. The van der Waals surface area contributed by atoms with E-state index in [4.69, 9.17) is 4.74 Å². The summed E-state index contributed by atoms with van der Waals surface area (Å²) in [6.45, 7) is 2.73. The zero-order valence-corrected chi connectivity index (χ0v) is 13.2. The largest absolute Gasteiger partial charge is 0.491 e. The van der Waals surface area contributed by atoms with Crippen LogP contribution in [0.5, 0.6) is 5.75 Å². The lowest BCUT2D eigenvalue weighted by atomic mass is 9.90. The fraction of sp³-hybridized carbons (Fsp3) is 0.667. The second kappa shape index (κ2) is 6.37. The summed E-state index contributed by atoms with van der Waals surface area (Å²) in [5.74, 6) is 0.917. The maximum Gasteiger partial charge on any atom is 0.128 e. The lowest BCUT2D eigenvalue weighted by Crippen LogP contribution is -2.49. The zero-order valence-electron chi connectivity index (χ0n) is 13.2. The van der Waals surface area contributed by atoms with Gasteiger partial charge in [0.15, 0.2) is 0 Å². The number of para-hydroxylation sites is 1. The maximum atomic E-state index is 10.8. The molecule has 1 heterocycles. The summed E-state index contributed by atoms with van der Waals surface area (Å²) in [6.07, 6.45) is 7.00. The SMILES string of the molecule is CCc1cccc2c1OCC(N(C)C1CCCCC1)C2O. The van der Waals surface area contributed by atoms with E-state index in [0.717, 1.165) is 17.7 Å². The van der Waals surface area contributed by atoms with Crippen LogP contribution in [0.4, 0.5) is 0 Å². The number of aliphatic hydroxyl groups is 1. The molecule has 0 radical (unpaired) electrons. The number of benzene rings is 1. The molecule has 3 nitrogen and oxygen atoms in total. The van der Waals surface area contributed by atoms with E-state index in [1.165, 1.54) is 37.7 Å². The van der Waals surface area contributed by atoms with Crippen molar-refractivity contribution < 1.29 is 9.84 Å². The third kappa shape index (κ3) is 2.82. The number of ether oxygens (including phenoxy) is 1. The number of nitrogens with zero attached hydrogens (tertiary/aromatic N) is 1. The van der Waals surface area contributed by atoms with Gasteiger partial charge in [-0.25, -0.2) is 0 Å². The van der Waals surface area contributed by atoms with Crippen molar-refractivity contribution in [1.82, 2.24) is 4.90 Å². The molecule has 1 saturated carbocycles. The molecule has 1 aromatic rings. The first-order valence-electron chi connectivity index (χ1n) is 8.37. The van der Waals surface area contributed by atoms with Crippen molar-refractivity contribution in [3.63, 3.8) is 0 Å². The molecule has 2 atom stereocenters. The predicted octanol–water partition coefficient (Wildman–Crippen LogP) is 3.31. The number of fused-ring (bicyclic) bond motifs is 1. The molecule has 1 aliphatic heterocycles. The van der Waals surface area contributed by atoms with Crippen LogP contribution in [0.1, 0.15) is 56.3 Å². The fourth-order valence-electron chi connectivity index (χ4n) is 3.86. The van der Waals surface area contributed by atoms with Gasteiger partial charge in [0.2, 0.25) is 0 Å². The Hall–Kier alpha value is -1.06. The van der Waals surface area contributed by atoms with Crippen LogP contribution in [0.15, 0.2) is 18.2 Å². The third-order valence-corrected chi connectivity index (χ3v) is 5.26. The molecule has 0 saturated heterocycles. The molecule has 0 amide bonds. The van der Waals surface area contributed by atoms with Crippen molar-refractivity contribution in [3.8, 4) is 5.75 Å². The van der Waals surface area contributed by atoms with Gasteiger partial charge in [-0.15, -0.1) is 0 Å². The second-order valence-electron chi connectivity index (χ2n) is 6.47. The first kappa shape index (κ1) is 14.9. The highest BCUT2D eigenvalue weighted by Crippen LogP contribution is 2.38. The lowest BCUT2D eigenvalue weighted by molar-refractivity contribution is -0.0103. The summed E-state index contributed by atoms with van der Waals surface area (Å²) >= 11 is 0. The van der Waals surface area contributed by atoms with Gasteiger partial charge in [0, 0.05) is 11.6 Å². The average molecular weight is 289 g/mol. The summed E-state index contributed by atoms with van der Waals surface area (Å²) in [7, 11) is 2.15. The Kier molecular flexibility index (Phi) is 4.51. The summed E-state index contributed by atoms with van der Waals surface area (Å²) < 4.78 is 6.04. The van der Waals surface area contributed by atoms with E-state index in [-0.39, 0.29) is 6.04 Å². The Morgan fingerprint density at radius 3 is 2.71 bits per heavy atom. The molecule has 0 aromatic heterocycles. The molecule has 1 N–H and O–H groups in total. The Labute approximate surface area is 127 Å². The molecule has 1 aliphatic carbocycles. The van der Waals surface area contributed by atoms with Gasteiger partial charge in [0.1, 0.15) is 18.5 Å². The number of likely N-dealkylation sites (N-methyl/N-ethyl adjacent to an activating group) is 1. The van der Waals surface area contributed by atoms with Crippen LogP contribution in [0.2, 0.25) is 0 Å². The van der Waals surface area contributed by atoms with Crippen LogP contribution in [0.25, 0.3) is 0 Å². The molecule has 116 valence electrons. The molecule has 2 aliphatic rings. The fourth-order valence-corrected chi connectivity index (χ4v) is 3.86. The Morgan fingerprint density at radius 1 is 1.24 bits per heavy atom. The number of hydrogen-bond acceptors (Lipinski definition) is 3.